The third kappa shape index (κ3) is 2.57. The zero-order valence-electron chi connectivity index (χ0n) is 16.0. The smallest absolute Gasteiger partial charge is 0.225 e. The number of hydrogen-bond donors (Lipinski definition) is 1. The van der Waals surface area contributed by atoms with Crippen molar-refractivity contribution in [3.05, 3.63) is 46.8 Å². The van der Waals surface area contributed by atoms with Gasteiger partial charge in [-0.15, -0.1) is 5.10 Å². The summed E-state index contributed by atoms with van der Waals surface area (Å²) in [6.45, 7) is 3.80. The fourth-order valence-corrected chi connectivity index (χ4v) is 4.56. The molecule has 0 saturated carbocycles. The molecule has 2 aliphatic rings. The first-order valence-electron chi connectivity index (χ1n) is 9.70. The fourth-order valence-electron chi connectivity index (χ4n) is 4.56. The molecule has 0 bridgehead atoms. The minimum atomic E-state index is -0.212. The summed E-state index contributed by atoms with van der Waals surface area (Å²) >= 11 is 0. The van der Waals surface area contributed by atoms with Crippen LogP contribution in [0.5, 0.6) is 0 Å². The summed E-state index contributed by atoms with van der Waals surface area (Å²) in [7, 11) is 1.82. The van der Waals surface area contributed by atoms with Crippen molar-refractivity contribution in [2.24, 2.45) is 7.05 Å². The van der Waals surface area contributed by atoms with Crippen LogP contribution in [0.2, 0.25) is 0 Å². The highest BCUT2D eigenvalue weighted by Crippen LogP contribution is 2.42. The van der Waals surface area contributed by atoms with Crippen molar-refractivity contribution < 1.29 is 9.18 Å². The lowest BCUT2D eigenvalue weighted by Crippen LogP contribution is -2.25. The van der Waals surface area contributed by atoms with Crippen molar-refractivity contribution in [2.45, 2.75) is 32.1 Å². The fraction of sp³-hybridized carbons (Fsp3) is 0.381. The summed E-state index contributed by atoms with van der Waals surface area (Å²) < 4.78 is 16.7. The Bertz CT molecular complexity index is 1100. The molecule has 1 N–H and O–H groups in total. The Balaban J connectivity index is 1.63. The van der Waals surface area contributed by atoms with Gasteiger partial charge in [0.2, 0.25) is 5.91 Å². The second kappa shape index (κ2) is 6.29. The van der Waals surface area contributed by atoms with Crippen LogP contribution in [0.4, 0.5) is 15.8 Å². The zero-order chi connectivity index (χ0) is 19.4. The minimum Gasteiger partial charge on any atom is -0.369 e. The SMILES string of the molecule is Cc1cc(N2CCCC2)c(F)cc1C1CC(=O)Nc2c1ccc1c2nnn1C. The third-order valence-corrected chi connectivity index (χ3v) is 6.00. The maximum Gasteiger partial charge on any atom is 0.225 e. The molecule has 0 spiro atoms. The first-order valence-corrected chi connectivity index (χ1v) is 9.70. The number of amides is 1. The van der Waals surface area contributed by atoms with E-state index in [4.69, 9.17) is 0 Å². The molecule has 0 radical (unpaired) electrons. The van der Waals surface area contributed by atoms with Crippen molar-refractivity contribution in [1.82, 2.24) is 15.0 Å². The minimum absolute atomic E-state index is 0.0842. The Kier molecular flexibility index (Phi) is 3.86. The topological polar surface area (TPSA) is 63.1 Å². The van der Waals surface area contributed by atoms with Crippen molar-refractivity contribution in [3.8, 4) is 0 Å². The van der Waals surface area contributed by atoms with E-state index >= 15 is 0 Å². The Morgan fingerprint density at radius 1 is 1.18 bits per heavy atom. The highest BCUT2D eigenvalue weighted by Gasteiger charge is 2.31. The summed E-state index contributed by atoms with van der Waals surface area (Å²) in [6, 6.07) is 7.51. The average Bonchev–Trinajstić information content (AvgIpc) is 3.33. The highest BCUT2D eigenvalue weighted by molar-refractivity contribution is 6.03. The van der Waals surface area contributed by atoms with Crippen LogP contribution in [0.1, 0.15) is 41.9 Å². The van der Waals surface area contributed by atoms with E-state index in [0.29, 0.717) is 23.3 Å². The van der Waals surface area contributed by atoms with E-state index in [9.17, 15) is 9.18 Å². The Labute approximate surface area is 162 Å². The number of anilines is 2. The van der Waals surface area contributed by atoms with E-state index in [2.05, 4.69) is 20.5 Å². The van der Waals surface area contributed by atoms with Gasteiger partial charge in [-0.2, -0.15) is 0 Å². The Morgan fingerprint density at radius 2 is 1.96 bits per heavy atom. The van der Waals surface area contributed by atoms with E-state index in [0.717, 1.165) is 48.1 Å². The first-order chi connectivity index (χ1) is 13.5. The number of hydrogen-bond acceptors (Lipinski definition) is 4. The molecule has 0 aliphatic carbocycles. The lowest BCUT2D eigenvalue weighted by atomic mass is 9.82. The average molecular weight is 379 g/mol. The largest absolute Gasteiger partial charge is 0.369 e. The molecule has 3 heterocycles. The number of benzene rings is 2. The number of fused-ring (bicyclic) bond motifs is 3. The van der Waals surface area contributed by atoms with Gasteiger partial charge in [0.1, 0.15) is 11.3 Å². The second-order valence-electron chi connectivity index (χ2n) is 7.77. The number of rotatable bonds is 2. The number of aromatic nitrogens is 3. The normalized spacial score (nSPS) is 19.2. The molecule has 3 aromatic rings. The number of nitrogens with one attached hydrogen (secondary N) is 1. The molecule has 28 heavy (non-hydrogen) atoms. The number of carbonyl (C=O) groups is 1. The van der Waals surface area contributed by atoms with Crippen LogP contribution in [-0.4, -0.2) is 34.0 Å². The van der Waals surface area contributed by atoms with E-state index in [1.807, 2.05) is 32.2 Å². The lowest BCUT2D eigenvalue weighted by Gasteiger charge is -2.28. The highest BCUT2D eigenvalue weighted by atomic mass is 19.1. The molecule has 6 nitrogen and oxygen atoms in total. The van der Waals surface area contributed by atoms with Crippen LogP contribution < -0.4 is 10.2 Å². The van der Waals surface area contributed by atoms with Gasteiger partial charge in [0.05, 0.1) is 16.9 Å². The molecular formula is C21H22FN5O. The van der Waals surface area contributed by atoms with Gasteiger partial charge in [-0.05, 0) is 54.7 Å². The molecule has 1 unspecified atom stereocenters. The van der Waals surface area contributed by atoms with Crippen molar-refractivity contribution in [3.63, 3.8) is 0 Å². The van der Waals surface area contributed by atoms with Gasteiger partial charge < -0.3 is 10.2 Å². The zero-order valence-corrected chi connectivity index (χ0v) is 16.0. The van der Waals surface area contributed by atoms with Crippen LogP contribution in [0.3, 0.4) is 0 Å². The van der Waals surface area contributed by atoms with Gasteiger partial charge in [-0.25, -0.2) is 9.07 Å². The standard InChI is InChI=1S/C21H22FN5O/c1-12-9-18(27-7-3-4-8-27)16(22)10-14(12)15-11-19(28)23-20-13(15)5-6-17-21(20)24-25-26(17)2/h5-6,9-10,15H,3-4,7-8,11H2,1-2H3,(H,23,28). The quantitative estimate of drug-likeness (QED) is 0.740. The van der Waals surface area contributed by atoms with E-state index in [1.54, 1.807) is 10.7 Å². The summed E-state index contributed by atoms with van der Waals surface area (Å²) in [4.78, 5) is 14.6. The lowest BCUT2D eigenvalue weighted by molar-refractivity contribution is -0.116. The van der Waals surface area contributed by atoms with Crippen molar-refractivity contribution in [1.29, 1.82) is 0 Å². The van der Waals surface area contributed by atoms with Gasteiger partial charge in [0.25, 0.3) is 0 Å². The number of halogens is 1. The van der Waals surface area contributed by atoms with Gasteiger partial charge in [0.15, 0.2) is 0 Å². The van der Waals surface area contributed by atoms with E-state index in [1.165, 1.54) is 0 Å². The predicted octanol–water partition coefficient (Wildman–Crippen LogP) is 3.49. The van der Waals surface area contributed by atoms with Crippen LogP contribution in [0.15, 0.2) is 24.3 Å². The molecule has 2 aromatic carbocycles. The molecule has 1 fully saturated rings. The van der Waals surface area contributed by atoms with Crippen LogP contribution in [0.25, 0.3) is 11.0 Å². The predicted molar refractivity (Wildman–Crippen MR) is 106 cm³/mol. The molecule has 1 saturated heterocycles. The monoisotopic (exact) mass is 379 g/mol. The maximum absolute atomic E-state index is 15.0. The molecular weight excluding hydrogens is 357 g/mol. The van der Waals surface area contributed by atoms with E-state index < -0.39 is 0 Å². The van der Waals surface area contributed by atoms with Crippen LogP contribution in [0, 0.1) is 12.7 Å². The van der Waals surface area contributed by atoms with Crippen molar-refractivity contribution in [2.75, 3.05) is 23.3 Å². The third-order valence-electron chi connectivity index (χ3n) is 6.00. The van der Waals surface area contributed by atoms with Crippen molar-refractivity contribution >= 4 is 28.3 Å². The van der Waals surface area contributed by atoms with Gasteiger partial charge in [0, 0.05) is 32.5 Å². The maximum atomic E-state index is 15.0. The second-order valence-corrected chi connectivity index (χ2v) is 7.77. The number of nitrogens with zero attached hydrogens (tertiary/aromatic N) is 4. The molecule has 1 amide bonds. The molecule has 144 valence electrons. The van der Waals surface area contributed by atoms with E-state index in [-0.39, 0.29) is 17.6 Å². The number of carbonyl (C=O) groups excluding carboxylic acids is 1. The first kappa shape index (κ1) is 17.2. The summed E-state index contributed by atoms with van der Waals surface area (Å²) in [5.74, 6) is -0.494. The number of aryl methyl sites for hydroxylation is 2. The van der Waals surface area contributed by atoms with Gasteiger partial charge in [-0.3, -0.25) is 4.79 Å². The summed E-state index contributed by atoms with van der Waals surface area (Å²) in [5, 5.41) is 11.2. The summed E-state index contributed by atoms with van der Waals surface area (Å²) in [6.07, 6.45) is 2.50. The molecule has 1 atom stereocenters. The van der Waals surface area contributed by atoms with Crippen LogP contribution in [-0.2, 0) is 11.8 Å². The molecule has 2 aliphatic heterocycles. The molecule has 7 heteroatoms. The van der Waals surface area contributed by atoms with Gasteiger partial charge in [-0.1, -0.05) is 11.3 Å². The van der Waals surface area contributed by atoms with Crippen LogP contribution >= 0.6 is 0 Å². The Hall–Kier alpha value is -2.96. The Morgan fingerprint density at radius 3 is 2.75 bits per heavy atom. The molecule has 5 rings (SSSR count). The van der Waals surface area contributed by atoms with Gasteiger partial charge >= 0.3 is 0 Å². The summed E-state index contributed by atoms with van der Waals surface area (Å²) in [5.41, 5.74) is 5.72. The molecule has 1 aromatic heterocycles.